The summed E-state index contributed by atoms with van der Waals surface area (Å²) in [4.78, 5) is 11.9. The van der Waals surface area contributed by atoms with Gasteiger partial charge in [0.05, 0.1) is 6.61 Å². The number of hydrazine groups is 1. The van der Waals surface area contributed by atoms with Gasteiger partial charge < -0.3 is 9.84 Å². The lowest BCUT2D eigenvalue weighted by Crippen LogP contribution is -2.43. The van der Waals surface area contributed by atoms with E-state index in [2.05, 4.69) is 0 Å². The monoisotopic (exact) mass is 216 g/mol. The highest BCUT2D eigenvalue weighted by Gasteiger charge is 2.46. The predicted molar refractivity (Wildman–Crippen MR) is 55.7 cm³/mol. The Bertz CT molecular complexity index is 250. The van der Waals surface area contributed by atoms with Crippen LogP contribution in [0, 0.1) is 5.41 Å². The van der Waals surface area contributed by atoms with Gasteiger partial charge in [-0.2, -0.15) is 0 Å². The fraction of sp³-hybridized carbons (Fsp3) is 0.900. The zero-order valence-corrected chi connectivity index (χ0v) is 9.62. The van der Waals surface area contributed by atoms with Crippen molar-refractivity contribution >= 4 is 5.97 Å². The fourth-order valence-corrected chi connectivity index (χ4v) is 1.65. The van der Waals surface area contributed by atoms with Gasteiger partial charge in [0.15, 0.2) is 0 Å². The van der Waals surface area contributed by atoms with Crippen LogP contribution in [0.2, 0.25) is 0 Å². The molecule has 1 rings (SSSR count). The Morgan fingerprint density at radius 1 is 1.60 bits per heavy atom. The standard InChI is InChI=1S/C10H20N2O3/c1-9(2,3)15-8(14)10(7-13)4-5-12(11)6-10/h13H,4-7,11H2,1-3H3. The summed E-state index contributed by atoms with van der Waals surface area (Å²) in [6.07, 6.45) is 0.551. The number of nitrogens with two attached hydrogens (primary N) is 1. The number of hydrogen-bond acceptors (Lipinski definition) is 5. The number of ether oxygens (including phenoxy) is 1. The van der Waals surface area contributed by atoms with Gasteiger partial charge in [0.25, 0.3) is 0 Å². The van der Waals surface area contributed by atoms with Gasteiger partial charge in [0.1, 0.15) is 11.0 Å². The highest BCUT2D eigenvalue weighted by atomic mass is 16.6. The van der Waals surface area contributed by atoms with E-state index in [1.165, 1.54) is 0 Å². The van der Waals surface area contributed by atoms with Crippen LogP contribution in [0.25, 0.3) is 0 Å². The summed E-state index contributed by atoms with van der Waals surface area (Å²) in [6, 6.07) is 0. The van der Waals surface area contributed by atoms with Crippen molar-refractivity contribution in [2.75, 3.05) is 19.7 Å². The first-order valence-electron chi connectivity index (χ1n) is 5.13. The van der Waals surface area contributed by atoms with Crippen molar-refractivity contribution in [3.05, 3.63) is 0 Å². The molecule has 0 radical (unpaired) electrons. The molecule has 1 atom stereocenters. The van der Waals surface area contributed by atoms with Gasteiger partial charge >= 0.3 is 5.97 Å². The zero-order valence-electron chi connectivity index (χ0n) is 9.62. The average Bonchev–Trinajstić information content (AvgIpc) is 2.45. The molecule has 1 heterocycles. The largest absolute Gasteiger partial charge is 0.459 e. The number of hydrogen-bond donors (Lipinski definition) is 2. The lowest BCUT2D eigenvalue weighted by Gasteiger charge is -2.29. The normalized spacial score (nSPS) is 28.1. The maximum Gasteiger partial charge on any atom is 0.316 e. The lowest BCUT2D eigenvalue weighted by molar-refractivity contribution is -0.169. The third-order valence-corrected chi connectivity index (χ3v) is 2.52. The van der Waals surface area contributed by atoms with E-state index in [0.717, 1.165) is 0 Å². The highest BCUT2D eigenvalue weighted by Crippen LogP contribution is 2.31. The summed E-state index contributed by atoms with van der Waals surface area (Å²) in [5, 5.41) is 10.9. The van der Waals surface area contributed by atoms with E-state index in [9.17, 15) is 9.90 Å². The Hall–Kier alpha value is -0.650. The number of rotatable bonds is 2. The molecule has 0 aromatic rings. The Balaban J connectivity index is 2.71. The average molecular weight is 216 g/mol. The topological polar surface area (TPSA) is 75.8 Å². The minimum Gasteiger partial charge on any atom is -0.459 e. The van der Waals surface area contributed by atoms with E-state index in [-0.39, 0.29) is 12.6 Å². The third-order valence-electron chi connectivity index (χ3n) is 2.52. The first-order chi connectivity index (χ1) is 6.79. The molecule has 1 aliphatic rings. The van der Waals surface area contributed by atoms with Crippen molar-refractivity contribution in [1.82, 2.24) is 5.01 Å². The molecule has 1 unspecified atom stereocenters. The van der Waals surface area contributed by atoms with Gasteiger partial charge in [-0.25, -0.2) is 5.01 Å². The van der Waals surface area contributed by atoms with Gasteiger partial charge in [-0.3, -0.25) is 10.6 Å². The lowest BCUT2D eigenvalue weighted by atomic mass is 9.88. The van der Waals surface area contributed by atoms with Crippen LogP contribution in [-0.2, 0) is 9.53 Å². The quantitative estimate of drug-likeness (QED) is 0.497. The third kappa shape index (κ3) is 2.90. The number of aliphatic hydroxyl groups is 1. The summed E-state index contributed by atoms with van der Waals surface area (Å²) in [7, 11) is 0. The summed E-state index contributed by atoms with van der Waals surface area (Å²) < 4.78 is 5.28. The molecule has 0 aromatic heterocycles. The van der Waals surface area contributed by atoms with E-state index in [1.54, 1.807) is 5.01 Å². The molecule has 88 valence electrons. The molecule has 5 heteroatoms. The molecule has 0 aromatic carbocycles. The zero-order chi connectivity index (χ0) is 11.7. The van der Waals surface area contributed by atoms with Crippen LogP contribution >= 0.6 is 0 Å². The summed E-state index contributed by atoms with van der Waals surface area (Å²) in [5.41, 5.74) is -1.36. The van der Waals surface area contributed by atoms with Crippen LogP contribution in [0.1, 0.15) is 27.2 Å². The van der Waals surface area contributed by atoms with Crippen LogP contribution in [0.5, 0.6) is 0 Å². The highest BCUT2D eigenvalue weighted by molar-refractivity contribution is 5.78. The molecular weight excluding hydrogens is 196 g/mol. The molecule has 1 saturated heterocycles. The summed E-state index contributed by atoms with van der Waals surface area (Å²) in [5.74, 6) is 5.25. The van der Waals surface area contributed by atoms with Crippen molar-refractivity contribution in [3.8, 4) is 0 Å². The van der Waals surface area contributed by atoms with Crippen LogP contribution in [0.3, 0.4) is 0 Å². The number of nitrogens with zero attached hydrogens (tertiary/aromatic N) is 1. The van der Waals surface area contributed by atoms with E-state index in [0.29, 0.717) is 19.5 Å². The van der Waals surface area contributed by atoms with Gasteiger partial charge in [-0.1, -0.05) is 0 Å². The molecular formula is C10H20N2O3. The van der Waals surface area contributed by atoms with Crippen molar-refractivity contribution in [1.29, 1.82) is 0 Å². The van der Waals surface area contributed by atoms with Crippen LogP contribution in [-0.4, -0.2) is 41.4 Å². The van der Waals surface area contributed by atoms with Gasteiger partial charge in [-0.05, 0) is 27.2 Å². The molecule has 3 N–H and O–H groups in total. The number of aliphatic hydroxyl groups excluding tert-OH is 1. The molecule has 1 fully saturated rings. The molecule has 15 heavy (non-hydrogen) atoms. The second kappa shape index (κ2) is 4.08. The predicted octanol–water partition coefficient (Wildman–Crippen LogP) is -0.114. The first-order valence-corrected chi connectivity index (χ1v) is 5.13. The minimum absolute atomic E-state index is 0.213. The Kier molecular flexibility index (Phi) is 3.38. The van der Waals surface area contributed by atoms with Gasteiger partial charge in [0.2, 0.25) is 0 Å². The SMILES string of the molecule is CC(C)(C)OC(=O)C1(CO)CCN(N)C1. The first kappa shape index (κ1) is 12.4. The van der Waals surface area contributed by atoms with E-state index >= 15 is 0 Å². The van der Waals surface area contributed by atoms with E-state index < -0.39 is 11.0 Å². The van der Waals surface area contributed by atoms with Gasteiger partial charge in [0, 0.05) is 13.1 Å². The van der Waals surface area contributed by atoms with E-state index in [1.807, 2.05) is 20.8 Å². The summed E-state index contributed by atoms with van der Waals surface area (Å²) in [6.45, 7) is 6.19. The maximum atomic E-state index is 11.9. The van der Waals surface area contributed by atoms with Gasteiger partial charge in [-0.15, -0.1) is 0 Å². The summed E-state index contributed by atoms with van der Waals surface area (Å²) >= 11 is 0. The molecule has 1 aliphatic heterocycles. The second-order valence-electron chi connectivity index (χ2n) is 5.16. The maximum absolute atomic E-state index is 11.9. The Labute approximate surface area is 90.2 Å². The van der Waals surface area contributed by atoms with Crippen molar-refractivity contribution in [2.45, 2.75) is 32.8 Å². The minimum atomic E-state index is -0.831. The molecule has 0 spiro atoms. The Morgan fingerprint density at radius 3 is 2.53 bits per heavy atom. The van der Waals surface area contributed by atoms with Crippen LogP contribution in [0.4, 0.5) is 0 Å². The molecule has 0 aliphatic carbocycles. The van der Waals surface area contributed by atoms with Crippen molar-refractivity contribution in [3.63, 3.8) is 0 Å². The van der Waals surface area contributed by atoms with Crippen LogP contribution in [0.15, 0.2) is 0 Å². The van der Waals surface area contributed by atoms with E-state index in [4.69, 9.17) is 10.6 Å². The molecule has 0 amide bonds. The fourth-order valence-electron chi connectivity index (χ4n) is 1.65. The molecule has 5 nitrogen and oxygen atoms in total. The second-order valence-corrected chi connectivity index (χ2v) is 5.16. The molecule has 0 saturated carbocycles. The number of esters is 1. The number of carbonyl (C=O) groups is 1. The van der Waals surface area contributed by atoms with Crippen molar-refractivity contribution in [2.24, 2.45) is 11.3 Å². The number of carbonyl (C=O) groups excluding carboxylic acids is 1. The Morgan fingerprint density at radius 2 is 2.20 bits per heavy atom. The van der Waals surface area contributed by atoms with Crippen LogP contribution < -0.4 is 5.84 Å². The van der Waals surface area contributed by atoms with Crippen molar-refractivity contribution < 1.29 is 14.6 Å². The molecule has 0 bridgehead atoms. The smallest absolute Gasteiger partial charge is 0.316 e.